The molecule has 0 aliphatic rings. The van der Waals surface area contributed by atoms with Gasteiger partial charge in [0.1, 0.15) is 5.82 Å². The van der Waals surface area contributed by atoms with E-state index in [0.29, 0.717) is 5.92 Å². The van der Waals surface area contributed by atoms with Crippen molar-refractivity contribution < 1.29 is 0 Å². The first kappa shape index (κ1) is 16.3. The van der Waals surface area contributed by atoms with Crippen molar-refractivity contribution >= 4 is 11.8 Å². The summed E-state index contributed by atoms with van der Waals surface area (Å²) < 4.78 is 0. The molecule has 118 valence electrons. The summed E-state index contributed by atoms with van der Waals surface area (Å²) in [5, 5.41) is 3.42. The van der Waals surface area contributed by atoms with Crippen LogP contribution in [0.4, 0.5) is 11.8 Å². The topological polar surface area (TPSA) is 41.1 Å². The van der Waals surface area contributed by atoms with Gasteiger partial charge in [-0.25, -0.2) is 4.98 Å². The molecule has 0 amide bonds. The highest BCUT2D eigenvalue weighted by Crippen LogP contribution is 2.23. The summed E-state index contributed by atoms with van der Waals surface area (Å²) >= 11 is 0. The molecule has 0 unspecified atom stereocenters. The van der Waals surface area contributed by atoms with Crippen molar-refractivity contribution in [2.45, 2.75) is 27.7 Å². The maximum atomic E-state index is 4.75. The third-order valence-corrected chi connectivity index (χ3v) is 3.52. The molecule has 1 heterocycles. The summed E-state index contributed by atoms with van der Waals surface area (Å²) in [7, 11) is 0. The molecule has 0 radical (unpaired) electrons. The van der Waals surface area contributed by atoms with E-state index in [1.165, 1.54) is 0 Å². The van der Waals surface area contributed by atoms with Gasteiger partial charge < -0.3 is 10.2 Å². The van der Waals surface area contributed by atoms with Gasteiger partial charge in [0.2, 0.25) is 5.95 Å². The number of benzene rings is 1. The number of hydrogen-bond acceptors (Lipinski definition) is 4. The van der Waals surface area contributed by atoms with Crippen molar-refractivity contribution in [2.75, 3.05) is 29.9 Å². The van der Waals surface area contributed by atoms with Crippen LogP contribution in [0.3, 0.4) is 0 Å². The Morgan fingerprint density at radius 3 is 2.32 bits per heavy atom. The lowest BCUT2D eigenvalue weighted by Gasteiger charge is -2.20. The summed E-state index contributed by atoms with van der Waals surface area (Å²) in [6, 6.07) is 12.3. The molecule has 4 nitrogen and oxygen atoms in total. The average Bonchev–Trinajstić information content (AvgIpc) is 2.55. The van der Waals surface area contributed by atoms with Crippen molar-refractivity contribution in [1.29, 1.82) is 0 Å². The Kier molecular flexibility index (Phi) is 5.75. The van der Waals surface area contributed by atoms with Crippen LogP contribution in [0, 0.1) is 5.92 Å². The number of aromatic nitrogens is 2. The van der Waals surface area contributed by atoms with Crippen molar-refractivity contribution in [1.82, 2.24) is 9.97 Å². The first-order chi connectivity index (χ1) is 10.6. The smallest absolute Gasteiger partial charge is 0.227 e. The van der Waals surface area contributed by atoms with Crippen LogP contribution in [0.15, 0.2) is 36.4 Å². The van der Waals surface area contributed by atoms with Gasteiger partial charge in [-0.3, -0.25) is 0 Å². The van der Waals surface area contributed by atoms with Crippen LogP contribution in [-0.2, 0) is 0 Å². The van der Waals surface area contributed by atoms with Crippen LogP contribution in [0.1, 0.15) is 27.7 Å². The van der Waals surface area contributed by atoms with Crippen molar-refractivity contribution in [3.05, 3.63) is 36.4 Å². The maximum Gasteiger partial charge on any atom is 0.227 e. The van der Waals surface area contributed by atoms with Gasteiger partial charge in [-0.15, -0.1) is 0 Å². The van der Waals surface area contributed by atoms with Crippen LogP contribution in [-0.4, -0.2) is 29.6 Å². The second-order valence-electron chi connectivity index (χ2n) is 5.75. The Balaban J connectivity index is 2.39. The minimum Gasteiger partial charge on any atom is -0.370 e. The Hall–Kier alpha value is -2.10. The van der Waals surface area contributed by atoms with E-state index < -0.39 is 0 Å². The van der Waals surface area contributed by atoms with E-state index in [4.69, 9.17) is 4.98 Å². The molecule has 1 N–H and O–H groups in total. The van der Waals surface area contributed by atoms with E-state index in [-0.39, 0.29) is 0 Å². The molecule has 0 spiro atoms. The molecule has 4 heteroatoms. The quantitative estimate of drug-likeness (QED) is 0.837. The van der Waals surface area contributed by atoms with Crippen LogP contribution in [0.2, 0.25) is 0 Å². The molecule has 1 aromatic heterocycles. The Morgan fingerprint density at radius 2 is 1.73 bits per heavy atom. The highest BCUT2D eigenvalue weighted by atomic mass is 15.3. The van der Waals surface area contributed by atoms with Crippen LogP contribution >= 0.6 is 0 Å². The predicted molar refractivity (Wildman–Crippen MR) is 94.4 cm³/mol. The fourth-order valence-electron chi connectivity index (χ4n) is 2.24. The maximum absolute atomic E-state index is 4.75. The fraction of sp³-hybridized carbons (Fsp3) is 0.444. The largest absolute Gasteiger partial charge is 0.370 e. The number of nitrogens with zero attached hydrogens (tertiary/aromatic N) is 3. The van der Waals surface area contributed by atoms with Crippen molar-refractivity contribution in [3.63, 3.8) is 0 Å². The third kappa shape index (κ3) is 4.20. The molecular weight excluding hydrogens is 272 g/mol. The monoisotopic (exact) mass is 298 g/mol. The van der Waals surface area contributed by atoms with Crippen LogP contribution < -0.4 is 10.2 Å². The molecular formula is C18H26N4. The van der Waals surface area contributed by atoms with Gasteiger partial charge in [0, 0.05) is 31.3 Å². The Morgan fingerprint density at radius 1 is 1.05 bits per heavy atom. The minimum absolute atomic E-state index is 0.576. The summed E-state index contributed by atoms with van der Waals surface area (Å²) in [5.74, 6) is 2.26. The molecule has 0 saturated heterocycles. The van der Waals surface area contributed by atoms with Gasteiger partial charge in [-0.05, 0) is 19.8 Å². The van der Waals surface area contributed by atoms with E-state index in [1.807, 2.05) is 24.3 Å². The van der Waals surface area contributed by atoms with E-state index in [9.17, 15) is 0 Å². The molecule has 0 aliphatic heterocycles. The zero-order valence-corrected chi connectivity index (χ0v) is 14.0. The van der Waals surface area contributed by atoms with E-state index in [0.717, 1.165) is 42.7 Å². The number of nitrogens with one attached hydrogen (secondary N) is 1. The van der Waals surface area contributed by atoms with E-state index >= 15 is 0 Å². The Labute approximate surface area is 133 Å². The van der Waals surface area contributed by atoms with Gasteiger partial charge in [0.15, 0.2) is 0 Å². The summed E-state index contributed by atoms with van der Waals surface area (Å²) in [6.07, 6.45) is 0. The zero-order valence-electron chi connectivity index (χ0n) is 14.0. The van der Waals surface area contributed by atoms with Crippen LogP contribution in [0.25, 0.3) is 11.3 Å². The molecule has 1 aromatic carbocycles. The number of anilines is 2. The van der Waals surface area contributed by atoms with Crippen molar-refractivity contribution in [3.8, 4) is 11.3 Å². The van der Waals surface area contributed by atoms with Gasteiger partial charge in [0.05, 0.1) is 5.69 Å². The second kappa shape index (κ2) is 7.78. The summed E-state index contributed by atoms with van der Waals surface area (Å²) in [6.45, 7) is 11.3. The molecule has 2 aromatic rings. The van der Waals surface area contributed by atoms with Gasteiger partial charge in [-0.2, -0.15) is 4.98 Å². The van der Waals surface area contributed by atoms with E-state index in [1.54, 1.807) is 0 Å². The average molecular weight is 298 g/mol. The highest BCUT2D eigenvalue weighted by Gasteiger charge is 2.11. The highest BCUT2D eigenvalue weighted by molar-refractivity contribution is 5.64. The molecule has 22 heavy (non-hydrogen) atoms. The zero-order chi connectivity index (χ0) is 15.9. The van der Waals surface area contributed by atoms with Crippen molar-refractivity contribution in [2.24, 2.45) is 5.92 Å². The fourth-order valence-corrected chi connectivity index (χ4v) is 2.24. The molecule has 0 fully saturated rings. The number of rotatable bonds is 7. The number of hydrogen-bond donors (Lipinski definition) is 1. The standard InChI is InChI=1S/C18H26N4/c1-5-22(6-2)18-20-16(15-10-8-7-9-11-15)12-17(21-18)19-13-14(3)4/h7-12,14H,5-6,13H2,1-4H3,(H,19,20,21). The lowest BCUT2D eigenvalue weighted by atomic mass is 10.1. The normalized spacial score (nSPS) is 10.8. The van der Waals surface area contributed by atoms with Gasteiger partial charge in [0.25, 0.3) is 0 Å². The Bertz CT molecular complexity index is 577. The molecule has 0 aliphatic carbocycles. The third-order valence-electron chi connectivity index (χ3n) is 3.52. The molecule has 0 atom stereocenters. The molecule has 0 saturated carbocycles. The van der Waals surface area contributed by atoms with Gasteiger partial charge in [-0.1, -0.05) is 44.2 Å². The lowest BCUT2D eigenvalue weighted by molar-refractivity contribution is 0.686. The van der Waals surface area contributed by atoms with E-state index in [2.05, 4.69) is 55.0 Å². The molecule has 0 bridgehead atoms. The first-order valence-corrected chi connectivity index (χ1v) is 8.07. The summed E-state index contributed by atoms with van der Waals surface area (Å²) in [5.41, 5.74) is 2.08. The SMILES string of the molecule is CCN(CC)c1nc(NCC(C)C)cc(-c2ccccc2)n1. The second-order valence-corrected chi connectivity index (χ2v) is 5.75. The molecule has 2 rings (SSSR count). The first-order valence-electron chi connectivity index (χ1n) is 8.07. The van der Waals surface area contributed by atoms with Gasteiger partial charge >= 0.3 is 0 Å². The lowest BCUT2D eigenvalue weighted by Crippen LogP contribution is -2.25. The summed E-state index contributed by atoms with van der Waals surface area (Å²) in [4.78, 5) is 11.6. The van der Waals surface area contributed by atoms with Crippen LogP contribution in [0.5, 0.6) is 0 Å². The predicted octanol–water partition coefficient (Wildman–Crippen LogP) is 4.06. The minimum atomic E-state index is 0.576.